The van der Waals surface area contributed by atoms with Crippen LogP contribution in [0.4, 0.5) is 0 Å². The van der Waals surface area contributed by atoms with Crippen molar-refractivity contribution in [3.8, 4) is 78.8 Å². The lowest BCUT2D eigenvalue weighted by atomic mass is 9.80. The lowest BCUT2D eigenvalue weighted by Crippen LogP contribution is -2.12. The van der Waals surface area contributed by atoms with E-state index >= 15 is 0 Å². The molecule has 19 aromatic rings. The molecule has 0 aliphatic rings. The molecule has 19 rings (SSSR count). The van der Waals surface area contributed by atoms with Crippen LogP contribution in [-0.4, -0.2) is 37.5 Å². The third-order valence-electron chi connectivity index (χ3n) is 22.3. The van der Waals surface area contributed by atoms with Crippen LogP contribution in [0, 0.1) is 11.3 Å². The lowest BCUT2D eigenvalue weighted by Gasteiger charge is -2.25. The summed E-state index contributed by atoms with van der Waals surface area (Å²) in [5.74, 6) is 1.61. The van der Waals surface area contributed by atoms with Crippen molar-refractivity contribution in [3.63, 3.8) is 0 Å². The Morgan fingerprint density at radius 3 is 1.18 bits per heavy atom. The van der Waals surface area contributed by atoms with Crippen LogP contribution in [0.3, 0.4) is 0 Å². The second-order valence-electron chi connectivity index (χ2n) is 33.2. The summed E-state index contributed by atoms with van der Waals surface area (Å²) in [7, 11) is 0. The second kappa shape index (κ2) is 23.2. The van der Waals surface area contributed by atoms with Crippen LogP contribution in [0.1, 0.15) is 111 Å². The van der Waals surface area contributed by atoms with Gasteiger partial charge in [0.2, 0.25) is 11.6 Å². The largest absolute Gasteiger partial charge is 0.354 e. The molecule has 0 saturated heterocycles. The van der Waals surface area contributed by atoms with Gasteiger partial charge in [-0.25, -0.2) is 9.97 Å². The highest BCUT2D eigenvalue weighted by molar-refractivity contribution is 6.16. The Hall–Kier alpha value is -12.5. The van der Waals surface area contributed by atoms with E-state index in [1.54, 1.807) is 0 Å². The number of imidazole rings is 4. The maximum atomic E-state index is 13.3. The monoisotopic (exact) mass is 1370 g/mol. The number of benzene rings is 13. The van der Waals surface area contributed by atoms with Crippen LogP contribution in [0.25, 0.3) is 172 Å². The van der Waals surface area contributed by atoms with E-state index in [2.05, 4.69) is 384 Å². The zero-order valence-corrected chi connectivity index (χ0v) is 62.0. The highest BCUT2D eigenvalue weighted by atomic mass is 15.2. The number of nitrogens with zero attached hydrogens (tertiary/aromatic N) is 8. The van der Waals surface area contributed by atoms with Crippen LogP contribution in [-0.2, 0) is 21.7 Å². The smallest absolute Gasteiger partial charge is 0.220 e. The molecule has 0 saturated carbocycles. The molecule has 0 spiro atoms. The quantitative estimate of drug-likeness (QED) is 0.164. The molecule has 13 aromatic carbocycles. The molecule has 6 aromatic heterocycles. The minimum Gasteiger partial charge on any atom is -0.354 e. The molecule has 0 bridgehead atoms. The van der Waals surface area contributed by atoms with Gasteiger partial charge in [-0.05, 0) is 210 Å². The summed E-state index contributed by atoms with van der Waals surface area (Å²) in [6.07, 6.45) is 0. The zero-order valence-electron chi connectivity index (χ0n) is 62.0. The molecule has 1 N–H and O–H groups in total. The van der Waals surface area contributed by atoms with Gasteiger partial charge in [0, 0.05) is 55.1 Å². The van der Waals surface area contributed by atoms with Gasteiger partial charge in [0.15, 0.2) is 0 Å². The Morgan fingerprint density at radius 2 is 0.717 bits per heavy atom. The predicted octanol–water partition coefficient (Wildman–Crippen LogP) is 25.3. The zero-order chi connectivity index (χ0) is 72.6. The molecule has 0 fully saturated rings. The van der Waals surface area contributed by atoms with Crippen molar-refractivity contribution in [2.24, 2.45) is 0 Å². The van der Waals surface area contributed by atoms with E-state index in [9.17, 15) is 5.26 Å². The fourth-order valence-corrected chi connectivity index (χ4v) is 16.6. The normalized spacial score (nSPS) is 12.7. The first-order valence-corrected chi connectivity index (χ1v) is 37.0. The Kier molecular flexibility index (Phi) is 14.1. The fraction of sp³-hybridized carbons (Fsp3) is 0.165. The van der Waals surface area contributed by atoms with E-state index in [0.717, 1.165) is 178 Å². The van der Waals surface area contributed by atoms with Crippen LogP contribution in [0.5, 0.6) is 0 Å². The molecule has 0 radical (unpaired) electrons. The molecule has 0 unspecified atom stereocenters. The number of aromatic nitrogens is 8. The van der Waals surface area contributed by atoms with Crippen molar-refractivity contribution in [3.05, 3.63) is 295 Å². The maximum Gasteiger partial charge on any atom is 0.220 e. The van der Waals surface area contributed by atoms with Gasteiger partial charge in [0.25, 0.3) is 0 Å². The molecule has 106 heavy (non-hydrogen) atoms. The third kappa shape index (κ3) is 10.1. The second-order valence-corrected chi connectivity index (χ2v) is 33.2. The topological polar surface area (TPSA) is 89.0 Å². The van der Waals surface area contributed by atoms with E-state index in [1.165, 1.54) is 16.7 Å². The number of fused-ring (bicyclic) bond motifs is 16. The molecular formula is C97H81N9. The Balaban J connectivity index is 0.996. The van der Waals surface area contributed by atoms with Crippen molar-refractivity contribution in [1.29, 1.82) is 5.26 Å². The number of H-pyrrole nitrogens is 1. The number of nitrogens with one attached hydrogen (secondary N) is 1. The van der Waals surface area contributed by atoms with Gasteiger partial charge in [0.05, 0.1) is 71.9 Å². The predicted molar refractivity (Wildman–Crippen MR) is 443 cm³/mol. The lowest BCUT2D eigenvalue weighted by molar-refractivity contribution is 0.590. The number of rotatable bonds is 8. The third-order valence-corrected chi connectivity index (χ3v) is 22.3. The van der Waals surface area contributed by atoms with Crippen LogP contribution >= 0.6 is 0 Å². The standard InChI is InChI=1S/C97H81N9/c1-94(2,3)64-37-42-78-72(51-64)75-54-67(97(10,11)12)55-76(90(75)99-78)89-70(62-33-40-79-85(49-62)105-87-47-60(58-25-17-13-18-26-58)35-43-83(87)102(92(105)100-79)68-29-21-15-22-30-68)56-71(91(77(89)57-98)104-81-45-38-65(95(4,5)6)52-73(81)74-53-66(96(7,8)9)39-46-82(74)104)63-34-41-80-86(50-63)106-88-48-61(59-27-19-14-20-28-59)36-44-84(88)103(93(106)101-80)69-31-23-16-24-32-69/h13-56,99H,1-12H3. The summed E-state index contributed by atoms with van der Waals surface area (Å²) >= 11 is 0. The first kappa shape index (κ1) is 64.3. The highest BCUT2D eigenvalue weighted by Crippen LogP contribution is 2.51. The Labute approximate surface area is 616 Å². The summed E-state index contributed by atoms with van der Waals surface area (Å²) in [5, 5.41) is 17.8. The van der Waals surface area contributed by atoms with Gasteiger partial charge in [-0.3, -0.25) is 17.9 Å². The minimum atomic E-state index is -0.308. The summed E-state index contributed by atoms with van der Waals surface area (Å²) < 4.78 is 11.7. The summed E-state index contributed by atoms with van der Waals surface area (Å²) in [4.78, 5) is 15.3. The number of para-hydroxylation sites is 2. The van der Waals surface area contributed by atoms with Crippen molar-refractivity contribution in [1.82, 2.24) is 37.5 Å². The molecule has 9 heteroatoms. The SMILES string of the molecule is CC(C)(C)c1ccc2[nH]c3c(-c4c(-c5ccc6nc7n(-c8ccccc8)c8ccc(-c9ccccc9)cc8n7c6c5)cc(-c5ccc6nc7n(-c8ccccc8)c8ccc(-c9ccccc9)cc8n7c6c5)c(-n5c6ccc(C(C)(C)C)cc6c6cc(C(C)(C)C)ccc65)c4C#N)cc(C(C)(C)C)cc3c2c1. The van der Waals surface area contributed by atoms with Gasteiger partial charge in [-0.2, -0.15) is 5.26 Å². The van der Waals surface area contributed by atoms with Gasteiger partial charge < -0.3 is 9.55 Å². The Morgan fingerprint density at radius 1 is 0.311 bits per heavy atom. The minimum absolute atomic E-state index is 0.109. The van der Waals surface area contributed by atoms with E-state index in [0.29, 0.717) is 5.56 Å². The van der Waals surface area contributed by atoms with E-state index in [1.807, 2.05) is 0 Å². The summed E-state index contributed by atoms with van der Waals surface area (Å²) in [6.45, 7) is 27.6. The highest BCUT2D eigenvalue weighted by Gasteiger charge is 2.32. The van der Waals surface area contributed by atoms with Gasteiger partial charge in [-0.1, -0.05) is 223 Å². The first-order valence-electron chi connectivity index (χ1n) is 37.0. The number of hydrogen-bond donors (Lipinski definition) is 1. The first-order chi connectivity index (χ1) is 51.0. The number of hydrogen-bond acceptors (Lipinski definition) is 3. The van der Waals surface area contributed by atoms with Crippen LogP contribution in [0.15, 0.2) is 267 Å². The number of aromatic amines is 1. The van der Waals surface area contributed by atoms with E-state index in [4.69, 9.17) is 9.97 Å². The maximum absolute atomic E-state index is 13.3. The molecule has 0 aliphatic heterocycles. The molecular weight excluding hydrogens is 1290 g/mol. The van der Waals surface area contributed by atoms with E-state index < -0.39 is 0 Å². The van der Waals surface area contributed by atoms with Crippen molar-refractivity contribution in [2.75, 3.05) is 0 Å². The summed E-state index contributed by atoms with van der Waals surface area (Å²) in [5.41, 5.74) is 29.2. The molecule has 0 amide bonds. The van der Waals surface area contributed by atoms with Crippen molar-refractivity contribution in [2.45, 2.75) is 105 Å². The Bertz CT molecular complexity index is 6820. The molecule has 6 heterocycles. The summed E-state index contributed by atoms with van der Waals surface area (Å²) in [6, 6.07) is 101. The van der Waals surface area contributed by atoms with Crippen molar-refractivity contribution < 1.29 is 0 Å². The van der Waals surface area contributed by atoms with Gasteiger partial charge in [-0.15, -0.1) is 0 Å². The molecule has 0 atom stereocenters. The average Bonchev–Trinajstić information content (AvgIpc) is 1.51. The van der Waals surface area contributed by atoms with E-state index in [-0.39, 0.29) is 21.7 Å². The number of nitriles is 1. The van der Waals surface area contributed by atoms with Crippen LogP contribution < -0.4 is 0 Å². The van der Waals surface area contributed by atoms with Gasteiger partial charge >= 0.3 is 0 Å². The fourth-order valence-electron chi connectivity index (χ4n) is 16.6. The van der Waals surface area contributed by atoms with Gasteiger partial charge in [0.1, 0.15) is 6.07 Å². The molecule has 0 aliphatic carbocycles. The molecule has 9 nitrogen and oxygen atoms in total. The van der Waals surface area contributed by atoms with Crippen molar-refractivity contribution >= 4 is 99.3 Å². The van der Waals surface area contributed by atoms with Crippen LogP contribution in [0.2, 0.25) is 0 Å². The average molecular weight is 1370 g/mol. The molecule has 514 valence electrons.